The van der Waals surface area contributed by atoms with E-state index in [1.54, 1.807) is 25.3 Å². The van der Waals surface area contributed by atoms with Crippen LogP contribution in [0.15, 0.2) is 82.8 Å². The van der Waals surface area contributed by atoms with E-state index < -0.39 is 16.1 Å². The van der Waals surface area contributed by atoms with Gasteiger partial charge >= 0.3 is 0 Å². The second-order valence-electron chi connectivity index (χ2n) is 6.75. The molecular formula is C22H18Cl2N2O3S. The third-order valence-electron chi connectivity index (χ3n) is 4.92. The molecule has 154 valence electrons. The highest BCUT2D eigenvalue weighted by molar-refractivity contribution is 7.89. The van der Waals surface area contributed by atoms with Gasteiger partial charge in [0.25, 0.3) is 10.0 Å². The number of hydrogen-bond donors (Lipinski definition) is 0. The normalized spacial score (nSPS) is 16.4. The Bertz CT molecular complexity index is 1190. The standard InChI is InChI=1S/C22H18Cl2N2O3S/c1-29-17-10-6-15(7-11-17)21-14-22(19-4-2-3-5-20(19)24)26(25-21)30(27,28)18-12-8-16(23)9-13-18/h2-13,22H,14H2,1H3. The summed E-state index contributed by atoms with van der Waals surface area (Å²) >= 11 is 12.3. The monoisotopic (exact) mass is 460 g/mol. The molecule has 0 aromatic heterocycles. The highest BCUT2D eigenvalue weighted by Gasteiger charge is 2.38. The first-order valence-corrected chi connectivity index (χ1v) is 11.4. The molecule has 1 aliphatic rings. The zero-order chi connectivity index (χ0) is 21.3. The number of ether oxygens (including phenoxy) is 1. The summed E-state index contributed by atoms with van der Waals surface area (Å²) in [5.41, 5.74) is 2.17. The molecule has 0 amide bonds. The van der Waals surface area contributed by atoms with Crippen LogP contribution in [0.4, 0.5) is 0 Å². The lowest BCUT2D eigenvalue weighted by Gasteiger charge is -2.24. The molecule has 0 radical (unpaired) electrons. The maximum Gasteiger partial charge on any atom is 0.279 e. The Morgan fingerprint density at radius 1 is 0.967 bits per heavy atom. The molecule has 3 aromatic rings. The van der Waals surface area contributed by atoms with Crippen molar-refractivity contribution in [3.05, 3.63) is 94.0 Å². The van der Waals surface area contributed by atoms with E-state index >= 15 is 0 Å². The predicted molar refractivity (Wildman–Crippen MR) is 119 cm³/mol. The van der Waals surface area contributed by atoms with Crippen LogP contribution in [0.5, 0.6) is 5.75 Å². The van der Waals surface area contributed by atoms with Gasteiger partial charge < -0.3 is 4.74 Å². The molecule has 1 atom stereocenters. The van der Waals surface area contributed by atoms with E-state index in [4.69, 9.17) is 27.9 Å². The fourth-order valence-corrected chi connectivity index (χ4v) is 5.17. The van der Waals surface area contributed by atoms with Gasteiger partial charge in [0, 0.05) is 16.5 Å². The molecule has 30 heavy (non-hydrogen) atoms. The lowest BCUT2D eigenvalue weighted by Crippen LogP contribution is -2.27. The van der Waals surface area contributed by atoms with Crippen molar-refractivity contribution in [2.24, 2.45) is 5.10 Å². The van der Waals surface area contributed by atoms with Crippen LogP contribution in [-0.4, -0.2) is 25.7 Å². The lowest BCUT2D eigenvalue weighted by molar-refractivity contribution is 0.371. The fourth-order valence-electron chi connectivity index (χ4n) is 3.36. The number of hydrogen-bond acceptors (Lipinski definition) is 4. The summed E-state index contributed by atoms with van der Waals surface area (Å²) in [6.45, 7) is 0. The van der Waals surface area contributed by atoms with Gasteiger partial charge in [-0.15, -0.1) is 0 Å². The Kier molecular flexibility index (Phi) is 5.73. The second-order valence-corrected chi connectivity index (χ2v) is 9.39. The Morgan fingerprint density at radius 2 is 1.63 bits per heavy atom. The van der Waals surface area contributed by atoms with Crippen LogP contribution in [0.2, 0.25) is 10.0 Å². The van der Waals surface area contributed by atoms with Gasteiger partial charge in [0.05, 0.1) is 23.8 Å². The van der Waals surface area contributed by atoms with E-state index in [2.05, 4.69) is 5.10 Å². The molecule has 4 rings (SSSR count). The largest absolute Gasteiger partial charge is 0.497 e. The van der Waals surface area contributed by atoms with Crippen molar-refractivity contribution in [2.75, 3.05) is 7.11 Å². The average Bonchev–Trinajstić information content (AvgIpc) is 3.20. The summed E-state index contributed by atoms with van der Waals surface area (Å²) in [6.07, 6.45) is 0.392. The molecule has 0 N–H and O–H groups in total. The fraction of sp³-hybridized carbons (Fsp3) is 0.136. The van der Waals surface area contributed by atoms with Crippen molar-refractivity contribution in [2.45, 2.75) is 17.4 Å². The molecule has 1 heterocycles. The van der Waals surface area contributed by atoms with Gasteiger partial charge in [-0.1, -0.05) is 41.4 Å². The number of nitrogens with zero attached hydrogens (tertiary/aromatic N) is 2. The second kappa shape index (κ2) is 8.30. The number of rotatable bonds is 5. The van der Waals surface area contributed by atoms with E-state index in [1.165, 1.54) is 12.1 Å². The minimum absolute atomic E-state index is 0.115. The van der Waals surface area contributed by atoms with E-state index in [-0.39, 0.29) is 4.90 Å². The topological polar surface area (TPSA) is 59.0 Å². The first-order valence-electron chi connectivity index (χ1n) is 9.16. The maximum absolute atomic E-state index is 13.4. The highest BCUT2D eigenvalue weighted by atomic mass is 35.5. The molecule has 3 aromatic carbocycles. The van der Waals surface area contributed by atoms with Crippen LogP contribution in [0, 0.1) is 0 Å². The molecular weight excluding hydrogens is 443 g/mol. The summed E-state index contributed by atoms with van der Waals surface area (Å²) in [5.74, 6) is 0.714. The SMILES string of the molecule is COc1ccc(C2=NN(S(=O)(=O)c3ccc(Cl)cc3)C(c3ccccc3Cl)C2)cc1. The minimum atomic E-state index is -3.92. The van der Waals surface area contributed by atoms with Crippen LogP contribution in [0.1, 0.15) is 23.6 Å². The Balaban J connectivity index is 1.80. The first kappa shape index (κ1) is 20.7. The zero-order valence-corrected chi connectivity index (χ0v) is 18.3. The summed E-state index contributed by atoms with van der Waals surface area (Å²) in [4.78, 5) is 0.115. The molecule has 8 heteroatoms. The van der Waals surface area contributed by atoms with Gasteiger partial charge in [-0.3, -0.25) is 0 Å². The summed E-state index contributed by atoms with van der Waals surface area (Å²) < 4.78 is 33.2. The van der Waals surface area contributed by atoms with Crippen molar-refractivity contribution < 1.29 is 13.2 Å². The van der Waals surface area contributed by atoms with Crippen LogP contribution in [-0.2, 0) is 10.0 Å². The van der Waals surface area contributed by atoms with Gasteiger partial charge in [0.15, 0.2) is 0 Å². The van der Waals surface area contributed by atoms with E-state index in [9.17, 15) is 8.42 Å². The number of methoxy groups -OCH3 is 1. The number of sulfonamides is 1. The van der Waals surface area contributed by atoms with E-state index in [0.717, 1.165) is 9.98 Å². The first-order chi connectivity index (χ1) is 14.4. The van der Waals surface area contributed by atoms with Crippen molar-refractivity contribution in [3.63, 3.8) is 0 Å². The van der Waals surface area contributed by atoms with Crippen LogP contribution in [0.3, 0.4) is 0 Å². The third kappa shape index (κ3) is 3.90. The van der Waals surface area contributed by atoms with Crippen LogP contribution < -0.4 is 4.74 Å². The smallest absolute Gasteiger partial charge is 0.279 e. The molecule has 1 aliphatic heterocycles. The predicted octanol–water partition coefficient (Wildman–Crippen LogP) is 5.54. The van der Waals surface area contributed by atoms with E-state index in [1.807, 2.05) is 42.5 Å². The number of hydrazone groups is 1. The van der Waals surface area contributed by atoms with Gasteiger partial charge in [0.2, 0.25) is 0 Å². The zero-order valence-electron chi connectivity index (χ0n) is 16.0. The summed E-state index contributed by atoms with van der Waals surface area (Å²) in [5, 5.41) is 5.46. The molecule has 5 nitrogen and oxygen atoms in total. The van der Waals surface area contributed by atoms with Gasteiger partial charge in [-0.2, -0.15) is 17.9 Å². The lowest BCUT2D eigenvalue weighted by atomic mass is 9.99. The molecule has 0 saturated carbocycles. The molecule has 0 saturated heterocycles. The van der Waals surface area contributed by atoms with Gasteiger partial charge in [0.1, 0.15) is 5.75 Å². The van der Waals surface area contributed by atoms with Crippen molar-refractivity contribution >= 4 is 38.9 Å². The quantitative estimate of drug-likeness (QED) is 0.501. The Morgan fingerprint density at radius 3 is 2.27 bits per heavy atom. The number of benzene rings is 3. The molecule has 0 bridgehead atoms. The maximum atomic E-state index is 13.4. The minimum Gasteiger partial charge on any atom is -0.497 e. The van der Waals surface area contributed by atoms with Gasteiger partial charge in [-0.05, 0) is 65.7 Å². The third-order valence-corrected chi connectivity index (χ3v) is 7.21. The van der Waals surface area contributed by atoms with Crippen molar-refractivity contribution in [1.82, 2.24) is 4.41 Å². The van der Waals surface area contributed by atoms with Crippen molar-refractivity contribution in [1.29, 1.82) is 0 Å². The summed E-state index contributed by atoms with van der Waals surface area (Å²) in [6, 6.07) is 20.0. The van der Waals surface area contributed by atoms with Gasteiger partial charge in [-0.25, -0.2) is 0 Å². The Labute approximate surface area is 185 Å². The Hall–Kier alpha value is -2.54. The average molecular weight is 461 g/mol. The van der Waals surface area contributed by atoms with Crippen LogP contribution >= 0.6 is 23.2 Å². The van der Waals surface area contributed by atoms with Crippen molar-refractivity contribution in [3.8, 4) is 5.75 Å². The molecule has 1 unspecified atom stereocenters. The summed E-state index contributed by atoms with van der Waals surface area (Å²) in [7, 11) is -2.33. The molecule has 0 aliphatic carbocycles. The van der Waals surface area contributed by atoms with Crippen LogP contribution in [0.25, 0.3) is 0 Å². The molecule has 0 fully saturated rings. The molecule has 0 spiro atoms. The number of halogens is 2. The highest BCUT2D eigenvalue weighted by Crippen LogP contribution is 2.39. The van der Waals surface area contributed by atoms with E-state index in [0.29, 0.717) is 33.5 Å².